The molecule has 0 radical (unpaired) electrons. The van der Waals surface area contributed by atoms with Crippen LogP contribution < -0.4 is 10.0 Å². The molecule has 1 fully saturated rings. The lowest BCUT2D eigenvalue weighted by Crippen LogP contribution is -2.47. The number of primary amides is 1. The van der Waals surface area contributed by atoms with Crippen molar-refractivity contribution in [2.24, 2.45) is 11.7 Å². The molecule has 3 rings (SSSR count). The van der Waals surface area contributed by atoms with Crippen LogP contribution in [0.3, 0.4) is 0 Å². The number of carbonyl (C=O) groups excluding carboxylic acids is 2. The highest BCUT2D eigenvalue weighted by atomic mass is 35.5. The Hall–Kier alpha value is -2.58. The Labute approximate surface area is 187 Å². The molecular formula is C22H26ClN3O4S. The fraction of sp³-hybridized carbons (Fsp3) is 0.364. The van der Waals surface area contributed by atoms with Gasteiger partial charge in [-0.25, -0.2) is 8.42 Å². The number of benzene rings is 2. The summed E-state index contributed by atoms with van der Waals surface area (Å²) in [6.07, 6.45) is 0.948. The van der Waals surface area contributed by atoms with Gasteiger partial charge in [0.25, 0.3) is 10.0 Å². The number of aryl methyl sites for hydroxylation is 2. The first-order valence-corrected chi connectivity index (χ1v) is 11.8. The first-order valence-electron chi connectivity index (χ1n) is 10.0. The quantitative estimate of drug-likeness (QED) is 0.711. The molecule has 9 heteroatoms. The number of piperidine rings is 1. The van der Waals surface area contributed by atoms with Crippen LogP contribution in [0.1, 0.15) is 24.0 Å². The lowest BCUT2D eigenvalue weighted by atomic mass is 9.96. The van der Waals surface area contributed by atoms with Gasteiger partial charge >= 0.3 is 0 Å². The van der Waals surface area contributed by atoms with Gasteiger partial charge in [-0.2, -0.15) is 0 Å². The zero-order valence-electron chi connectivity index (χ0n) is 17.5. The van der Waals surface area contributed by atoms with E-state index in [4.69, 9.17) is 17.3 Å². The lowest BCUT2D eigenvalue weighted by molar-refractivity contribution is -0.133. The number of amides is 2. The van der Waals surface area contributed by atoms with E-state index < -0.39 is 10.0 Å². The van der Waals surface area contributed by atoms with Crippen molar-refractivity contribution < 1.29 is 18.0 Å². The van der Waals surface area contributed by atoms with Crippen LogP contribution in [-0.4, -0.2) is 44.8 Å². The average molecular weight is 464 g/mol. The lowest BCUT2D eigenvalue weighted by Gasteiger charge is -2.33. The molecule has 0 spiro atoms. The van der Waals surface area contributed by atoms with Gasteiger partial charge in [-0.1, -0.05) is 35.4 Å². The fourth-order valence-electron chi connectivity index (χ4n) is 3.62. The SMILES string of the molecule is Cc1ccc(S(=O)(=O)N(CC(=O)N2CCC(C(N)=O)CC2)c2cc(Cl)ccc2C)cc1. The summed E-state index contributed by atoms with van der Waals surface area (Å²) in [6.45, 7) is 4.00. The standard InChI is InChI=1S/C22H26ClN3O4S/c1-15-3-7-19(8-4-15)31(29,30)26(20-13-18(23)6-5-16(20)2)14-21(27)25-11-9-17(10-12-25)22(24)28/h3-8,13,17H,9-12,14H2,1-2H3,(H2,24,28). The summed E-state index contributed by atoms with van der Waals surface area (Å²) in [6, 6.07) is 11.4. The number of carbonyl (C=O) groups is 2. The van der Waals surface area contributed by atoms with Crippen molar-refractivity contribution in [3.8, 4) is 0 Å². The minimum atomic E-state index is -4.02. The van der Waals surface area contributed by atoms with Gasteiger partial charge in [-0.3, -0.25) is 13.9 Å². The molecule has 31 heavy (non-hydrogen) atoms. The van der Waals surface area contributed by atoms with Crippen LogP contribution in [0.25, 0.3) is 0 Å². The molecule has 1 aliphatic heterocycles. The largest absolute Gasteiger partial charge is 0.369 e. The highest BCUT2D eigenvalue weighted by molar-refractivity contribution is 7.92. The molecule has 166 valence electrons. The molecule has 1 aliphatic rings. The Morgan fingerprint density at radius 2 is 1.71 bits per heavy atom. The average Bonchev–Trinajstić information content (AvgIpc) is 2.74. The zero-order chi connectivity index (χ0) is 22.8. The van der Waals surface area contributed by atoms with Crippen LogP contribution >= 0.6 is 11.6 Å². The first-order chi connectivity index (χ1) is 14.6. The summed E-state index contributed by atoms with van der Waals surface area (Å²) < 4.78 is 28.1. The second-order valence-corrected chi connectivity index (χ2v) is 10.1. The maximum atomic E-state index is 13.5. The van der Waals surface area contributed by atoms with Gasteiger partial charge in [-0.15, -0.1) is 0 Å². The molecule has 2 amide bonds. The molecule has 1 heterocycles. The highest BCUT2D eigenvalue weighted by Crippen LogP contribution is 2.30. The van der Waals surface area contributed by atoms with Gasteiger partial charge in [0.15, 0.2) is 0 Å². The Balaban J connectivity index is 1.93. The minimum absolute atomic E-state index is 0.0951. The van der Waals surface area contributed by atoms with Crippen LogP contribution in [0.4, 0.5) is 5.69 Å². The molecular weight excluding hydrogens is 438 g/mol. The molecule has 0 unspecified atom stereocenters. The zero-order valence-corrected chi connectivity index (χ0v) is 19.1. The molecule has 0 saturated carbocycles. The number of halogens is 1. The summed E-state index contributed by atoms with van der Waals surface area (Å²) >= 11 is 6.15. The van der Waals surface area contributed by atoms with Crippen molar-refractivity contribution in [3.05, 3.63) is 58.6 Å². The summed E-state index contributed by atoms with van der Waals surface area (Å²) in [5.41, 5.74) is 7.33. The monoisotopic (exact) mass is 463 g/mol. The van der Waals surface area contributed by atoms with E-state index in [9.17, 15) is 18.0 Å². The van der Waals surface area contributed by atoms with Crippen LogP contribution in [0.15, 0.2) is 47.4 Å². The maximum Gasteiger partial charge on any atom is 0.264 e. The molecule has 2 aromatic carbocycles. The summed E-state index contributed by atoms with van der Waals surface area (Å²) in [7, 11) is -4.02. The Bertz CT molecular complexity index is 1080. The van der Waals surface area contributed by atoms with Crippen LogP contribution in [0, 0.1) is 19.8 Å². The van der Waals surface area contributed by atoms with Crippen LogP contribution in [-0.2, 0) is 19.6 Å². The van der Waals surface area contributed by atoms with Gasteiger partial charge in [0.05, 0.1) is 10.6 Å². The van der Waals surface area contributed by atoms with Gasteiger partial charge in [0, 0.05) is 24.0 Å². The number of likely N-dealkylation sites (tertiary alicyclic amines) is 1. The number of nitrogens with two attached hydrogens (primary N) is 1. The van der Waals surface area contributed by atoms with E-state index in [2.05, 4.69) is 0 Å². The third-order valence-corrected chi connectivity index (χ3v) is 7.59. The third-order valence-electron chi connectivity index (χ3n) is 5.58. The Morgan fingerprint density at radius 3 is 2.29 bits per heavy atom. The molecule has 0 aliphatic carbocycles. The third kappa shape index (κ3) is 5.19. The van der Waals surface area contributed by atoms with Crippen LogP contribution in [0.5, 0.6) is 0 Å². The van der Waals surface area contributed by atoms with Gasteiger partial charge in [0.2, 0.25) is 11.8 Å². The molecule has 2 N–H and O–H groups in total. The Kier molecular flexibility index (Phi) is 6.91. The molecule has 1 saturated heterocycles. The van der Waals surface area contributed by atoms with E-state index in [1.165, 1.54) is 12.1 Å². The summed E-state index contributed by atoms with van der Waals surface area (Å²) in [4.78, 5) is 26.1. The van der Waals surface area contributed by atoms with Crippen molar-refractivity contribution >= 4 is 39.1 Å². The number of hydrogen-bond donors (Lipinski definition) is 1. The number of sulfonamides is 1. The predicted molar refractivity (Wildman–Crippen MR) is 120 cm³/mol. The van der Waals surface area contributed by atoms with Crippen LogP contribution in [0.2, 0.25) is 5.02 Å². The van der Waals surface area contributed by atoms with Crippen molar-refractivity contribution in [3.63, 3.8) is 0 Å². The van der Waals surface area contributed by atoms with Crippen molar-refractivity contribution in [2.75, 3.05) is 23.9 Å². The smallest absolute Gasteiger partial charge is 0.264 e. The molecule has 0 bridgehead atoms. The maximum absolute atomic E-state index is 13.5. The van der Waals surface area contributed by atoms with Gasteiger partial charge in [-0.05, 0) is 56.5 Å². The molecule has 0 atom stereocenters. The molecule has 2 aromatic rings. The first kappa shape index (κ1) is 23.1. The molecule has 7 nitrogen and oxygen atoms in total. The van der Waals surface area contributed by atoms with E-state index in [0.717, 1.165) is 9.87 Å². The van der Waals surface area contributed by atoms with E-state index in [1.807, 2.05) is 6.92 Å². The van der Waals surface area contributed by atoms with Crippen molar-refractivity contribution in [1.29, 1.82) is 0 Å². The highest BCUT2D eigenvalue weighted by Gasteiger charge is 2.32. The van der Waals surface area contributed by atoms with E-state index >= 15 is 0 Å². The Morgan fingerprint density at radius 1 is 1.10 bits per heavy atom. The molecule has 0 aromatic heterocycles. The number of hydrogen-bond acceptors (Lipinski definition) is 4. The minimum Gasteiger partial charge on any atom is -0.369 e. The van der Waals surface area contributed by atoms with E-state index in [1.54, 1.807) is 42.2 Å². The van der Waals surface area contributed by atoms with Gasteiger partial charge in [0.1, 0.15) is 6.54 Å². The predicted octanol–water partition coefficient (Wildman–Crippen LogP) is 2.88. The topological polar surface area (TPSA) is 101 Å². The fourth-order valence-corrected chi connectivity index (χ4v) is 5.26. The van der Waals surface area contributed by atoms with Crippen molar-refractivity contribution in [1.82, 2.24) is 4.90 Å². The van der Waals surface area contributed by atoms with Gasteiger partial charge < -0.3 is 10.6 Å². The number of nitrogens with zero attached hydrogens (tertiary/aromatic N) is 2. The number of anilines is 1. The summed E-state index contributed by atoms with van der Waals surface area (Å²) in [5.74, 6) is -0.963. The normalized spacial score (nSPS) is 15.0. The second kappa shape index (κ2) is 9.28. The van der Waals surface area contributed by atoms with Crippen molar-refractivity contribution in [2.45, 2.75) is 31.6 Å². The van der Waals surface area contributed by atoms with E-state index in [-0.39, 0.29) is 29.2 Å². The second-order valence-electron chi connectivity index (χ2n) is 7.81. The number of rotatable bonds is 6. The summed E-state index contributed by atoms with van der Waals surface area (Å²) in [5, 5.41) is 0.374. The van der Waals surface area contributed by atoms with E-state index in [0.29, 0.717) is 42.2 Å².